The van der Waals surface area contributed by atoms with Crippen LogP contribution in [-0.4, -0.2) is 26.3 Å². The van der Waals surface area contributed by atoms with Crippen molar-refractivity contribution in [3.63, 3.8) is 0 Å². The molecule has 1 aliphatic rings. The van der Waals surface area contributed by atoms with Crippen molar-refractivity contribution >= 4 is 39.2 Å². The molecule has 2 aromatic rings. The van der Waals surface area contributed by atoms with Gasteiger partial charge < -0.3 is 4.90 Å². The van der Waals surface area contributed by atoms with Crippen LogP contribution in [0.15, 0.2) is 22.9 Å². The Morgan fingerprint density at radius 1 is 1.35 bits per heavy atom. The highest BCUT2D eigenvalue weighted by Crippen LogP contribution is 2.30. The summed E-state index contributed by atoms with van der Waals surface area (Å²) in [6.07, 6.45) is 2.69. The van der Waals surface area contributed by atoms with Gasteiger partial charge in [0, 0.05) is 25.4 Å². The van der Waals surface area contributed by atoms with Crippen molar-refractivity contribution in [2.24, 2.45) is 0 Å². The van der Waals surface area contributed by atoms with E-state index in [1.807, 2.05) is 16.8 Å². The minimum Gasteiger partial charge on any atom is -0.311 e. The third-order valence-electron chi connectivity index (χ3n) is 2.65. The largest absolute Gasteiger partial charge is 0.311 e. The Labute approximate surface area is 112 Å². The molecule has 3 heterocycles. The fourth-order valence-corrected chi connectivity index (χ4v) is 2.50. The van der Waals surface area contributed by atoms with Crippen molar-refractivity contribution in [2.75, 3.05) is 11.4 Å². The summed E-state index contributed by atoms with van der Waals surface area (Å²) in [5, 5.41) is 4.63. The molecule has 0 unspecified atom stereocenters. The summed E-state index contributed by atoms with van der Waals surface area (Å²) in [5.74, 6) is 1.83. The molecule has 0 aromatic carbocycles. The van der Waals surface area contributed by atoms with Crippen molar-refractivity contribution in [3.05, 3.63) is 28.2 Å². The van der Waals surface area contributed by atoms with Gasteiger partial charge in [-0.2, -0.15) is 5.10 Å². The molecule has 0 saturated carbocycles. The molecule has 0 bridgehead atoms. The number of anilines is 2. The van der Waals surface area contributed by atoms with Crippen LogP contribution in [0.25, 0.3) is 0 Å². The second-order valence-corrected chi connectivity index (χ2v) is 4.89. The van der Waals surface area contributed by atoms with Gasteiger partial charge in [0.25, 0.3) is 0 Å². The Bertz CT molecular complexity index is 555. The minimum absolute atomic E-state index is 0.262. The molecule has 17 heavy (non-hydrogen) atoms. The van der Waals surface area contributed by atoms with Gasteiger partial charge in [0.15, 0.2) is 0 Å². The Kier molecular flexibility index (Phi) is 2.76. The maximum absolute atomic E-state index is 5.82. The fraction of sp³-hybridized carbons (Fsp3) is 0.300. The maximum atomic E-state index is 5.82. The molecule has 0 fully saturated rings. The standard InChI is InChI=1S/C10H9BrClN5/c11-7-6-9-16(4-1-5-17(9)15-7)8-2-3-13-10(12)14-8/h2-3,6H,1,4-5H2. The first kappa shape index (κ1) is 11.0. The smallest absolute Gasteiger partial charge is 0.224 e. The van der Waals surface area contributed by atoms with E-state index in [-0.39, 0.29) is 5.28 Å². The number of nitrogens with zero attached hydrogens (tertiary/aromatic N) is 5. The lowest BCUT2D eigenvalue weighted by atomic mass is 10.3. The lowest BCUT2D eigenvalue weighted by Crippen LogP contribution is -2.28. The van der Waals surface area contributed by atoms with Gasteiger partial charge in [-0.15, -0.1) is 0 Å². The van der Waals surface area contributed by atoms with Gasteiger partial charge in [-0.25, -0.2) is 14.6 Å². The van der Waals surface area contributed by atoms with Gasteiger partial charge >= 0.3 is 0 Å². The molecule has 2 aromatic heterocycles. The van der Waals surface area contributed by atoms with Gasteiger partial charge in [-0.3, -0.25) is 0 Å². The highest BCUT2D eigenvalue weighted by Gasteiger charge is 2.21. The zero-order chi connectivity index (χ0) is 11.8. The van der Waals surface area contributed by atoms with Crippen molar-refractivity contribution < 1.29 is 0 Å². The molecule has 3 rings (SSSR count). The minimum atomic E-state index is 0.262. The summed E-state index contributed by atoms with van der Waals surface area (Å²) >= 11 is 9.21. The Hall–Kier alpha value is -1.14. The molecular formula is C10H9BrClN5. The molecule has 7 heteroatoms. The topological polar surface area (TPSA) is 46.8 Å². The van der Waals surface area contributed by atoms with E-state index in [0.717, 1.165) is 35.7 Å². The zero-order valence-electron chi connectivity index (χ0n) is 8.85. The summed E-state index contributed by atoms with van der Waals surface area (Å²) in [6, 6.07) is 3.83. The van der Waals surface area contributed by atoms with E-state index >= 15 is 0 Å². The van der Waals surface area contributed by atoms with Crippen molar-refractivity contribution in [1.82, 2.24) is 19.7 Å². The van der Waals surface area contributed by atoms with Crippen LogP contribution in [0, 0.1) is 0 Å². The number of fused-ring (bicyclic) bond motifs is 1. The number of aryl methyl sites for hydroxylation is 1. The van der Waals surface area contributed by atoms with Crippen LogP contribution < -0.4 is 4.90 Å². The number of hydrogen-bond donors (Lipinski definition) is 0. The lowest BCUT2D eigenvalue weighted by molar-refractivity contribution is 0.538. The van der Waals surface area contributed by atoms with E-state index in [9.17, 15) is 0 Å². The van der Waals surface area contributed by atoms with Gasteiger partial charge in [0.1, 0.15) is 16.2 Å². The van der Waals surface area contributed by atoms with E-state index < -0.39 is 0 Å². The SMILES string of the molecule is Clc1nccc(N2CCCn3nc(Br)cc32)n1. The molecular weight excluding hydrogens is 306 g/mol. The predicted octanol–water partition coefficient (Wildman–Crippen LogP) is 2.63. The highest BCUT2D eigenvalue weighted by atomic mass is 79.9. The number of halogens is 2. The molecule has 0 radical (unpaired) electrons. The van der Waals surface area contributed by atoms with Crippen LogP contribution in [0.4, 0.5) is 11.6 Å². The van der Waals surface area contributed by atoms with Crippen LogP contribution in [0.3, 0.4) is 0 Å². The van der Waals surface area contributed by atoms with Gasteiger partial charge in [0.2, 0.25) is 5.28 Å². The third-order valence-corrected chi connectivity index (χ3v) is 3.21. The molecule has 0 aliphatic carbocycles. The number of hydrogen-bond acceptors (Lipinski definition) is 4. The van der Waals surface area contributed by atoms with E-state index in [0.29, 0.717) is 0 Å². The number of aromatic nitrogens is 4. The van der Waals surface area contributed by atoms with E-state index in [2.05, 4.69) is 35.9 Å². The van der Waals surface area contributed by atoms with Crippen LogP contribution in [0.2, 0.25) is 5.28 Å². The Balaban J connectivity index is 2.05. The van der Waals surface area contributed by atoms with E-state index in [4.69, 9.17) is 11.6 Å². The van der Waals surface area contributed by atoms with E-state index in [1.54, 1.807) is 6.20 Å². The average molecular weight is 315 g/mol. The lowest BCUT2D eigenvalue weighted by Gasteiger charge is -2.28. The Morgan fingerprint density at radius 3 is 3.06 bits per heavy atom. The summed E-state index contributed by atoms with van der Waals surface area (Å²) in [6.45, 7) is 1.84. The predicted molar refractivity (Wildman–Crippen MR) is 68.6 cm³/mol. The van der Waals surface area contributed by atoms with Crippen LogP contribution in [-0.2, 0) is 6.54 Å². The van der Waals surface area contributed by atoms with Crippen LogP contribution in [0.5, 0.6) is 0 Å². The third kappa shape index (κ3) is 2.02. The van der Waals surface area contributed by atoms with Crippen LogP contribution in [0.1, 0.15) is 6.42 Å². The number of rotatable bonds is 1. The first-order valence-electron chi connectivity index (χ1n) is 5.23. The first-order chi connectivity index (χ1) is 8.24. The van der Waals surface area contributed by atoms with Crippen molar-refractivity contribution in [3.8, 4) is 0 Å². The van der Waals surface area contributed by atoms with Gasteiger partial charge in [-0.1, -0.05) is 0 Å². The molecule has 0 saturated heterocycles. The van der Waals surface area contributed by atoms with Crippen molar-refractivity contribution in [1.29, 1.82) is 0 Å². The molecule has 0 atom stereocenters. The summed E-state index contributed by atoms with van der Waals surface area (Å²) in [5.41, 5.74) is 0. The summed E-state index contributed by atoms with van der Waals surface area (Å²) < 4.78 is 2.79. The van der Waals surface area contributed by atoms with Crippen LogP contribution >= 0.6 is 27.5 Å². The highest BCUT2D eigenvalue weighted by molar-refractivity contribution is 9.10. The monoisotopic (exact) mass is 313 g/mol. The Morgan fingerprint density at radius 2 is 2.24 bits per heavy atom. The molecule has 0 N–H and O–H groups in total. The molecule has 0 amide bonds. The normalized spacial score (nSPS) is 14.8. The average Bonchev–Trinajstić information content (AvgIpc) is 2.68. The summed E-state index contributed by atoms with van der Waals surface area (Å²) in [7, 11) is 0. The van der Waals surface area contributed by atoms with E-state index in [1.165, 1.54) is 0 Å². The molecule has 5 nitrogen and oxygen atoms in total. The zero-order valence-corrected chi connectivity index (χ0v) is 11.2. The summed E-state index contributed by atoms with van der Waals surface area (Å²) in [4.78, 5) is 10.2. The molecule has 0 spiro atoms. The molecule has 1 aliphatic heterocycles. The molecule has 88 valence electrons. The first-order valence-corrected chi connectivity index (χ1v) is 6.40. The second kappa shape index (κ2) is 4.27. The second-order valence-electron chi connectivity index (χ2n) is 3.74. The van der Waals surface area contributed by atoms with Gasteiger partial charge in [0.05, 0.1) is 0 Å². The quantitative estimate of drug-likeness (QED) is 0.759. The van der Waals surface area contributed by atoms with Crippen molar-refractivity contribution in [2.45, 2.75) is 13.0 Å². The van der Waals surface area contributed by atoms with Gasteiger partial charge in [-0.05, 0) is 40.0 Å². The maximum Gasteiger partial charge on any atom is 0.224 e. The fourth-order valence-electron chi connectivity index (χ4n) is 1.96.